The third-order valence-corrected chi connectivity index (χ3v) is 6.10. The van der Waals surface area contributed by atoms with Crippen molar-refractivity contribution in [3.8, 4) is 0 Å². The summed E-state index contributed by atoms with van der Waals surface area (Å²) in [5.74, 6) is 0.733. The smallest absolute Gasteiger partial charge is 0.223 e. The molecule has 1 N–H and O–H groups in total. The molecule has 0 bridgehead atoms. The van der Waals surface area contributed by atoms with Crippen LogP contribution in [0.15, 0.2) is 60.7 Å². The van der Waals surface area contributed by atoms with Crippen LogP contribution in [-0.2, 0) is 17.8 Å². The Hall–Kier alpha value is -4.08. The summed E-state index contributed by atoms with van der Waals surface area (Å²) >= 11 is 0. The number of rotatable bonds is 7. The van der Waals surface area contributed by atoms with Crippen molar-refractivity contribution >= 4 is 23.1 Å². The third kappa shape index (κ3) is 5.21. The van der Waals surface area contributed by atoms with Gasteiger partial charge in [0.25, 0.3) is 0 Å². The van der Waals surface area contributed by atoms with Crippen molar-refractivity contribution in [1.29, 1.82) is 0 Å². The lowest BCUT2D eigenvalue weighted by molar-refractivity contribution is -0.131. The molecule has 10 heteroatoms. The number of aromatic nitrogens is 4. The van der Waals surface area contributed by atoms with Crippen molar-refractivity contribution in [2.75, 3.05) is 36.4 Å². The first-order chi connectivity index (χ1) is 17.1. The van der Waals surface area contributed by atoms with E-state index in [9.17, 15) is 13.6 Å². The average molecular weight is 478 g/mol. The highest BCUT2D eigenvalue weighted by atomic mass is 19.1. The highest BCUT2D eigenvalue weighted by Gasteiger charge is 2.23. The molecule has 8 nitrogen and oxygen atoms in total. The van der Waals surface area contributed by atoms with Crippen LogP contribution in [0.3, 0.4) is 0 Å². The van der Waals surface area contributed by atoms with E-state index in [0.29, 0.717) is 62.1 Å². The van der Waals surface area contributed by atoms with Crippen molar-refractivity contribution in [2.24, 2.45) is 0 Å². The van der Waals surface area contributed by atoms with Gasteiger partial charge in [0.05, 0.1) is 5.69 Å². The number of fused-ring (bicyclic) bond motifs is 1. The first kappa shape index (κ1) is 22.7. The molecule has 0 aliphatic carbocycles. The molecule has 1 amide bonds. The molecule has 0 unspecified atom stereocenters. The van der Waals surface area contributed by atoms with Crippen LogP contribution in [0, 0.1) is 11.6 Å². The Morgan fingerprint density at radius 3 is 2.46 bits per heavy atom. The van der Waals surface area contributed by atoms with E-state index in [4.69, 9.17) is 0 Å². The molecule has 35 heavy (non-hydrogen) atoms. The van der Waals surface area contributed by atoms with Crippen LogP contribution in [-0.4, -0.2) is 56.8 Å². The van der Waals surface area contributed by atoms with E-state index in [1.807, 2.05) is 15.9 Å². The Morgan fingerprint density at radius 2 is 1.69 bits per heavy atom. The molecule has 0 spiro atoms. The number of anilines is 2. The summed E-state index contributed by atoms with van der Waals surface area (Å²) in [6.07, 6.45) is 0.692. The van der Waals surface area contributed by atoms with E-state index >= 15 is 0 Å². The standard InChI is InChI=1S/C25H25F2N7O/c26-19-7-5-18(6-8-19)17-28-22-9-10-23-29-30-24(34(23)31-22)11-12-25(35)33-15-13-32(14-16-33)21-4-2-1-3-20(21)27/h1-10H,11-17H2,(H,28,31). The molecule has 5 rings (SSSR count). The van der Waals surface area contributed by atoms with E-state index in [2.05, 4.69) is 20.6 Å². The number of carbonyl (C=O) groups is 1. The molecule has 0 saturated carbocycles. The number of hydrogen-bond donors (Lipinski definition) is 1. The number of carbonyl (C=O) groups excluding carboxylic acids is 1. The van der Waals surface area contributed by atoms with Gasteiger partial charge in [0.1, 0.15) is 17.5 Å². The highest BCUT2D eigenvalue weighted by Crippen LogP contribution is 2.20. The third-order valence-electron chi connectivity index (χ3n) is 6.10. The van der Waals surface area contributed by atoms with Crippen LogP contribution in [0.1, 0.15) is 17.8 Å². The van der Waals surface area contributed by atoms with Crippen LogP contribution < -0.4 is 10.2 Å². The predicted molar refractivity (Wildman–Crippen MR) is 128 cm³/mol. The molecule has 4 aromatic rings. The normalized spacial score (nSPS) is 13.9. The number of nitrogens with one attached hydrogen (secondary N) is 1. The minimum Gasteiger partial charge on any atom is -0.366 e. The Kier molecular flexibility index (Phi) is 6.51. The summed E-state index contributed by atoms with van der Waals surface area (Å²) < 4.78 is 28.8. The highest BCUT2D eigenvalue weighted by molar-refractivity contribution is 5.76. The maximum absolute atomic E-state index is 14.1. The Morgan fingerprint density at radius 1 is 0.914 bits per heavy atom. The Labute approximate surface area is 201 Å². The van der Waals surface area contributed by atoms with Gasteiger partial charge >= 0.3 is 0 Å². The van der Waals surface area contributed by atoms with Crippen LogP contribution in [0.2, 0.25) is 0 Å². The number of amides is 1. The quantitative estimate of drug-likeness (QED) is 0.440. The molecule has 1 fully saturated rings. The van der Waals surface area contributed by atoms with Gasteiger partial charge in [-0.05, 0) is 42.0 Å². The summed E-state index contributed by atoms with van der Waals surface area (Å²) in [7, 11) is 0. The molecule has 1 saturated heterocycles. The van der Waals surface area contributed by atoms with E-state index in [0.717, 1.165) is 5.56 Å². The van der Waals surface area contributed by atoms with E-state index < -0.39 is 0 Å². The Balaban J connectivity index is 1.17. The SMILES string of the molecule is O=C(CCc1nnc2ccc(NCc3ccc(F)cc3)nn12)N1CCN(c2ccccc2F)CC1. The van der Waals surface area contributed by atoms with E-state index in [1.54, 1.807) is 40.9 Å². The molecule has 180 valence electrons. The van der Waals surface area contributed by atoms with E-state index in [1.165, 1.54) is 18.2 Å². The summed E-state index contributed by atoms with van der Waals surface area (Å²) in [6.45, 7) is 2.76. The average Bonchev–Trinajstić information content (AvgIpc) is 3.29. The van der Waals surface area contributed by atoms with Gasteiger partial charge < -0.3 is 15.1 Å². The van der Waals surface area contributed by atoms with Crippen LogP contribution in [0.4, 0.5) is 20.3 Å². The summed E-state index contributed by atoms with van der Waals surface area (Å²) in [4.78, 5) is 16.6. The van der Waals surface area contributed by atoms with Gasteiger partial charge in [0, 0.05) is 45.6 Å². The maximum atomic E-state index is 14.1. The van der Waals surface area contributed by atoms with Gasteiger partial charge in [0.2, 0.25) is 5.91 Å². The van der Waals surface area contributed by atoms with Crippen LogP contribution in [0.25, 0.3) is 5.65 Å². The molecule has 3 heterocycles. The molecule has 2 aromatic carbocycles. The number of para-hydroxylation sites is 1. The largest absolute Gasteiger partial charge is 0.366 e. The molecular weight excluding hydrogens is 452 g/mol. The molecule has 1 aliphatic heterocycles. The number of nitrogens with zero attached hydrogens (tertiary/aromatic N) is 6. The first-order valence-corrected chi connectivity index (χ1v) is 11.5. The number of aryl methyl sites for hydroxylation is 1. The van der Waals surface area contributed by atoms with Crippen molar-refractivity contribution < 1.29 is 13.6 Å². The second kappa shape index (κ2) is 10.0. The summed E-state index contributed by atoms with van der Waals surface area (Å²) in [6, 6.07) is 16.6. The molecule has 1 aliphatic rings. The topological polar surface area (TPSA) is 78.7 Å². The number of benzene rings is 2. The first-order valence-electron chi connectivity index (χ1n) is 11.5. The zero-order valence-electron chi connectivity index (χ0n) is 19.1. The van der Waals surface area contributed by atoms with E-state index in [-0.39, 0.29) is 24.0 Å². The zero-order chi connectivity index (χ0) is 24.2. The predicted octanol–water partition coefficient (Wildman–Crippen LogP) is 3.30. The van der Waals surface area contributed by atoms with Gasteiger partial charge in [-0.15, -0.1) is 15.3 Å². The summed E-state index contributed by atoms with van der Waals surface area (Å²) in [5, 5.41) is 16.1. The van der Waals surface area contributed by atoms with Crippen molar-refractivity contribution in [3.63, 3.8) is 0 Å². The number of halogens is 2. The second-order valence-electron chi connectivity index (χ2n) is 8.40. The molecule has 0 radical (unpaired) electrons. The molecular formula is C25H25F2N7O. The summed E-state index contributed by atoms with van der Waals surface area (Å²) in [5.41, 5.74) is 2.10. The van der Waals surface area contributed by atoms with Gasteiger partial charge in [-0.3, -0.25) is 4.79 Å². The minimum atomic E-state index is -0.274. The van der Waals surface area contributed by atoms with Gasteiger partial charge in [-0.25, -0.2) is 8.78 Å². The maximum Gasteiger partial charge on any atom is 0.223 e. The molecule has 2 aromatic heterocycles. The van der Waals surface area contributed by atoms with Crippen molar-refractivity contribution in [1.82, 2.24) is 24.7 Å². The van der Waals surface area contributed by atoms with Crippen LogP contribution >= 0.6 is 0 Å². The van der Waals surface area contributed by atoms with Crippen molar-refractivity contribution in [2.45, 2.75) is 19.4 Å². The lowest BCUT2D eigenvalue weighted by Crippen LogP contribution is -2.49. The molecule has 0 atom stereocenters. The van der Waals surface area contributed by atoms with Crippen molar-refractivity contribution in [3.05, 3.63) is 83.7 Å². The second-order valence-corrected chi connectivity index (χ2v) is 8.40. The minimum absolute atomic E-state index is 0.0283. The lowest BCUT2D eigenvalue weighted by atomic mass is 10.2. The Bertz CT molecular complexity index is 1320. The van der Waals surface area contributed by atoms with Gasteiger partial charge in [0.15, 0.2) is 11.5 Å². The lowest BCUT2D eigenvalue weighted by Gasteiger charge is -2.36. The zero-order valence-corrected chi connectivity index (χ0v) is 19.1. The fourth-order valence-corrected chi connectivity index (χ4v) is 4.16. The fourth-order valence-electron chi connectivity index (χ4n) is 4.16. The fraction of sp³-hybridized carbons (Fsp3) is 0.280. The van der Waals surface area contributed by atoms with Gasteiger partial charge in [-0.2, -0.15) is 4.52 Å². The number of hydrogen-bond acceptors (Lipinski definition) is 6. The number of piperazine rings is 1. The van der Waals surface area contributed by atoms with Crippen LogP contribution in [0.5, 0.6) is 0 Å². The monoisotopic (exact) mass is 477 g/mol. The van der Waals surface area contributed by atoms with Gasteiger partial charge in [-0.1, -0.05) is 24.3 Å².